The molecule has 0 radical (unpaired) electrons. The fraction of sp³-hybridized carbons (Fsp3) is 0.882. The molecule has 0 aromatic carbocycles. The number of aromatic nitrogens is 3. The van der Waals surface area contributed by atoms with Crippen LogP contribution < -0.4 is 0 Å². The molecule has 124 valence electrons. The average molecular weight is 305 g/mol. The molecule has 1 saturated heterocycles. The summed E-state index contributed by atoms with van der Waals surface area (Å²) in [5.74, 6) is 3.33. The van der Waals surface area contributed by atoms with Gasteiger partial charge in [0, 0.05) is 25.0 Å². The van der Waals surface area contributed by atoms with Gasteiger partial charge in [-0.3, -0.25) is 5.10 Å². The van der Waals surface area contributed by atoms with Gasteiger partial charge in [0.25, 0.3) is 0 Å². The molecule has 0 unspecified atom stereocenters. The van der Waals surface area contributed by atoms with Gasteiger partial charge in [0.05, 0.1) is 0 Å². The van der Waals surface area contributed by atoms with E-state index in [0.29, 0.717) is 12.0 Å². The number of aromatic amines is 1. The zero-order valence-corrected chi connectivity index (χ0v) is 14.4. The first-order chi connectivity index (χ1) is 10.6. The number of likely N-dealkylation sites (N-methyl/N-ethyl adjacent to an activating group) is 1. The first-order valence-electron chi connectivity index (χ1n) is 8.91. The molecule has 2 fully saturated rings. The predicted molar refractivity (Wildman–Crippen MR) is 89.0 cm³/mol. The zero-order valence-electron chi connectivity index (χ0n) is 14.4. The van der Waals surface area contributed by atoms with Gasteiger partial charge in [-0.05, 0) is 52.7 Å². The van der Waals surface area contributed by atoms with Gasteiger partial charge < -0.3 is 9.80 Å². The predicted octanol–water partition coefficient (Wildman–Crippen LogP) is 2.41. The van der Waals surface area contributed by atoms with Crippen LogP contribution in [-0.4, -0.2) is 64.8 Å². The Morgan fingerprint density at radius 2 is 1.95 bits per heavy atom. The summed E-state index contributed by atoms with van der Waals surface area (Å²) < 4.78 is 0. The Morgan fingerprint density at radius 1 is 1.18 bits per heavy atom. The van der Waals surface area contributed by atoms with Crippen LogP contribution in [0.5, 0.6) is 0 Å². The number of likely N-dealkylation sites (tertiary alicyclic amines) is 1. The van der Waals surface area contributed by atoms with Crippen molar-refractivity contribution in [2.75, 3.05) is 33.7 Å². The lowest BCUT2D eigenvalue weighted by Gasteiger charge is -2.42. The molecule has 1 aliphatic carbocycles. The number of hydrogen-bond acceptors (Lipinski definition) is 4. The Bertz CT molecular complexity index is 463. The van der Waals surface area contributed by atoms with Gasteiger partial charge in [0.1, 0.15) is 5.82 Å². The minimum atomic E-state index is 0.461. The van der Waals surface area contributed by atoms with Crippen molar-refractivity contribution < 1.29 is 0 Å². The van der Waals surface area contributed by atoms with Gasteiger partial charge in [0.15, 0.2) is 5.82 Å². The number of hydrogen-bond donors (Lipinski definition) is 1. The van der Waals surface area contributed by atoms with Crippen molar-refractivity contribution in [3.05, 3.63) is 11.6 Å². The van der Waals surface area contributed by atoms with Gasteiger partial charge in [-0.1, -0.05) is 19.3 Å². The van der Waals surface area contributed by atoms with Crippen molar-refractivity contribution in [2.24, 2.45) is 5.92 Å². The van der Waals surface area contributed by atoms with Crippen LogP contribution in [0.25, 0.3) is 0 Å². The van der Waals surface area contributed by atoms with E-state index in [1.54, 1.807) is 0 Å². The molecule has 5 heteroatoms. The van der Waals surface area contributed by atoms with Gasteiger partial charge in [0.2, 0.25) is 0 Å². The normalized spacial score (nSPS) is 28.4. The Hall–Kier alpha value is -0.940. The molecule has 2 atom stereocenters. The lowest BCUT2D eigenvalue weighted by Crippen LogP contribution is -2.50. The minimum absolute atomic E-state index is 0.461. The van der Waals surface area contributed by atoms with Gasteiger partial charge in [-0.25, -0.2) is 4.98 Å². The van der Waals surface area contributed by atoms with Crippen molar-refractivity contribution in [1.82, 2.24) is 25.0 Å². The Kier molecular flexibility index (Phi) is 5.14. The van der Waals surface area contributed by atoms with Crippen LogP contribution in [0.15, 0.2) is 0 Å². The second kappa shape index (κ2) is 7.09. The summed E-state index contributed by atoms with van der Waals surface area (Å²) in [4.78, 5) is 9.65. The van der Waals surface area contributed by atoms with Crippen LogP contribution >= 0.6 is 0 Å². The van der Waals surface area contributed by atoms with Crippen LogP contribution in [0, 0.1) is 12.8 Å². The van der Waals surface area contributed by atoms with E-state index in [0.717, 1.165) is 24.1 Å². The molecule has 1 aromatic heterocycles. The van der Waals surface area contributed by atoms with Crippen molar-refractivity contribution in [1.29, 1.82) is 0 Å². The first-order valence-corrected chi connectivity index (χ1v) is 8.91. The molecule has 2 aliphatic rings. The SMILES string of the molecule is Cc1nc([C@H]2CCN(CC3CCCCC3)C[C@H]2N(C)C)n[nH]1. The fourth-order valence-corrected chi connectivity index (χ4v) is 4.25. The molecule has 1 N–H and O–H groups in total. The average Bonchev–Trinajstić information content (AvgIpc) is 2.94. The van der Waals surface area contributed by atoms with E-state index in [4.69, 9.17) is 0 Å². The lowest BCUT2D eigenvalue weighted by molar-refractivity contribution is 0.0911. The third-order valence-corrected chi connectivity index (χ3v) is 5.52. The maximum Gasteiger partial charge on any atom is 0.155 e. The molecule has 0 amide bonds. The van der Waals surface area contributed by atoms with Crippen LogP contribution in [0.4, 0.5) is 0 Å². The summed E-state index contributed by atoms with van der Waals surface area (Å²) in [7, 11) is 4.39. The van der Waals surface area contributed by atoms with E-state index in [1.807, 2.05) is 6.92 Å². The third-order valence-electron chi connectivity index (χ3n) is 5.52. The molecule has 1 saturated carbocycles. The highest BCUT2D eigenvalue weighted by Crippen LogP contribution is 2.31. The second-order valence-corrected chi connectivity index (χ2v) is 7.47. The first kappa shape index (κ1) is 15.9. The standard InChI is InChI=1S/C17H31N5/c1-13-18-17(20-19-13)15-9-10-22(12-16(15)21(2)3)11-14-7-5-4-6-8-14/h14-16H,4-12H2,1-3H3,(H,18,19,20)/t15-,16+/m0/s1. The summed E-state index contributed by atoms with van der Waals surface area (Å²) in [6.45, 7) is 5.63. The highest BCUT2D eigenvalue weighted by molar-refractivity contribution is 5.05. The fourth-order valence-electron chi connectivity index (χ4n) is 4.25. The quantitative estimate of drug-likeness (QED) is 0.928. The number of aryl methyl sites for hydroxylation is 1. The molecule has 22 heavy (non-hydrogen) atoms. The van der Waals surface area contributed by atoms with E-state index in [1.165, 1.54) is 51.6 Å². The molecule has 2 heterocycles. The highest BCUT2D eigenvalue weighted by Gasteiger charge is 2.34. The van der Waals surface area contributed by atoms with Gasteiger partial charge >= 0.3 is 0 Å². The monoisotopic (exact) mass is 305 g/mol. The summed E-state index contributed by atoms with van der Waals surface area (Å²) in [5.41, 5.74) is 0. The highest BCUT2D eigenvalue weighted by atomic mass is 15.3. The van der Waals surface area contributed by atoms with Crippen LogP contribution in [0.1, 0.15) is 56.1 Å². The summed E-state index contributed by atoms with van der Waals surface area (Å²) in [5, 5.41) is 7.44. The van der Waals surface area contributed by atoms with Gasteiger partial charge in [-0.15, -0.1) is 0 Å². The smallest absolute Gasteiger partial charge is 0.155 e. The van der Waals surface area contributed by atoms with E-state index >= 15 is 0 Å². The van der Waals surface area contributed by atoms with Crippen molar-refractivity contribution in [3.8, 4) is 0 Å². The lowest BCUT2D eigenvalue weighted by atomic mass is 9.86. The van der Waals surface area contributed by atoms with Crippen molar-refractivity contribution in [3.63, 3.8) is 0 Å². The molecule has 1 aromatic rings. The second-order valence-electron chi connectivity index (χ2n) is 7.47. The number of piperidine rings is 1. The van der Waals surface area contributed by atoms with Crippen molar-refractivity contribution in [2.45, 2.75) is 57.4 Å². The number of H-pyrrole nitrogens is 1. The number of nitrogens with one attached hydrogen (secondary N) is 1. The Balaban J connectivity index is 1.62. The molecule has 1 aliphatic heterocycles. The van der Waals surface area contributed by atoms with Gasteiger partial charge in [-0.2, -0.15) is 5.10 Å². The topological polar surface area (TPSA) is 48.1 Å². The van der Waals surface area contributed by atoms with E-state index < -0.39 is 0 Å². The number of rotatable bonds is 4. The van der Waals surface area contributed by atoms with Crippen LogP contribution in [0.2, 0.25) is 0 Å². The maximum atomic E-state index is 4.60. The van der Waals surface area contributed by atoms with E-state index in [2.05, 4.69) is 39.1 Å². The Labute approximate surface area is 134 Å². The van der Waals surface area contributed by atoms with Crippen LogP contribution in [0.3, 0.4) is 0 Å². The molecule has 0 bridgehead atoms. The maximum absolute atomic E-state index is 4.60. The summed E-state index contributed by atoms with van der Waals surface area (Å²) >= 11 is 0. The molecular weight excluding hydrogens is 274 g/mol. The Morgan fingerprint density at radius 3 is 2.59 bits per heavy atom. The third kappa shape index (κ3) is 3.69. The van der Waals surface area contributed by atoms with Crippen LogP contribution in [-0.2, 0) is 0 Å². The molecule has 3 rings (SSSR count). The summed E-state index contributed by atoms with van der Waals surface area (Å²) in [6.07, 6.45) is 8.37. The molecule has 5 nitrogen and oxygen atoms in total. The molecular formula is C17H31N5. The van der Waals surface area contributed by atoms with E-state index in [-0.39, 0.29) is 0 Å². The van der Waals surface area contributed by atoms with Crippen molar-refractivity contribution >= 4 is 0 Å². The summed E-state index contributed by atoms with van der Waals surface area (Å²) in [6, 6.07) is 0.521. The molecule has 0 spiro atoms. The number of nitrogens with zero attached hydrogens (tertiary/aromatic N) is 4. The largest absolute Gasteiger partial charge is 0.304 e. The zero-order chi connectivity index (χ0) is 15.5. The van der Waals surface area contributed by atoms with E-state index in [9.17, 15) is 0 Å². The minimum Gasteiger partial charge on any atom is -0.304 e.